The Balaban J connectivity index is 1.54. The molecule has 0 aliphatic carbocycles. The van der Waals surface area contributed by atoms with E-state index in [4.69, 9.17) is 4.74 Å². The first-order chi connectivity index (χ1) is 12.6. The van der Waals surface area contributed by atoms with E-state index in [9.17, 15) is 4.79 Å². The first-order valence-electron chi connectivity index (χ1n) is 9.99. The molecule has 3 rings (SSSR count). The number of carbonyl (C=O) groups is 1. The van der Waals surface area contributed by atoms with Crippen LogP contribution in [0.5, 0.6) is 0 Å². The van der Waals surface area contributed by atoms with Gasteiger partial charge in [0.2, 0.25) is 5.91 Å². The van der Waals surface area contributed by atoms with E-state index in [0.717, 1.165) is 64.2 Å². The number of amides is 1. The number of anilines is 1. The van der Waals surface area contributed by atoms with Gasteiger partial charge in [-0.1, -0.05) is 12.1 Å². The lowest BCUT2D eigenvalue weighted by molar-refractivity contribution is -0.134. The number of morpholine rings is 1. The van der Waals surface area contributed by atoms with Crippen LogP contribution < -0.4 is 4.90 Å². The number of ether oxygens (including phenoxy) is 1. The summed E-state index contributed by atoms with van der Waals surface area (Å²) < 4.78 is 5.43. The molecule has 1 amide bonds. The molecule has 0 unspecified atom stereocenters. The number of benzene rings is 1. The summed E-state index contributed by atoms with van der Waals surface area (Å²) in [5.74, 6) is 0.286. The summed E-state index contributed by atoms with van der Waals surface area (Å²) in [4.78, 5) is 19.6. The average molecular weight is 360 g/mol. The molecule has 5 nitrogen and oxygen atoms in total. The fourth-order valence-electron chi connectivity index (χ4n) is 3.97. The zero-order valence-corrected chi connectivity index (χ0v) is 16.3. The number of likely N-dealkylation sites (tertiary alicyclic amines) is 1. The van der Waals surface area contributed by atoms with E-state index < -0.39 is 0 Å². The van der Waals surface area contributed by atoms with Crippen molar-refractivity contribution in [2.45, 2.75) is 38.1 Å². The standard InChI is InChI=1S/C21H33N3O2/c1-22(2)19-8-6-18(7-9-19)17-21(25)24-11-4-3-5-20(24)10-12-23-13-15-26-16-14-23/h6-9,20H,3-5,10-17H2,1-2H3/t20-/m1/s1. The van der Waals surface area contributed by atoms with Gasteiger partial charge in [0.1, 0.15) is 0 Å². The van der Waals surface area contributed by atoms with Crippen molar-refractivity contribution < 1.29 is 9.53 Å². The smallest absolute Gasteiger partial charge is 0.227 e. The minimum absolute atomic E-state index is 0.286. The molecule has 2 aliphatic heterocycles. The van der Waals surface area contributed by atoms with Crippen LogP contribution in [0.25, 0.3) is 0 Å². The molecule has 1 aromatic carbocycles. The molecule has 2 saturated heterocycles. The molecule has 1 aromatic rings. The first-order valence-corrected chi connectivity index (χ1v) is 9.99. The number of rotatable bonds is 6. The van der Waals surface area contributed by atoms with Crippen molar-refractivity contribution in [3.05, 3.63) is 29.8 Å². The number of piperidine rings is 1. The van der Waals surface area contributed by atoms with Crippen molar-refractivity contribution in [2.24, 2.45) is 0 Å². The van der Waals surface area contributed by atoms with E-state index in [1.165, 1.54) is 12.1 Å². The van der Waals surface area contributed by atoms with Gasteiger partial charge in [0.25, 0.3) is 0 Å². The molecule has 0 bridgehead atoms. The van der Waals surface area contributed by atoms with Crippen molar-refractivity contribution >= 4 is 11.6 Å². The Hall–Kier alpha value is -1.59. The SMILES string of the molecule is CN(C)c1ccc(CC(=O)N2CCCC[C@@H]2CCN2CCOCC2)cc1. The van der Waals surface area contributed by atoms with Crippen LogP contribution in [0.4, 0.5) is 5.69 Å². The van der Waals surface area contributed by atoms with Gasteiger partial charge in [0.15, 0.2) is 0 Å². The minimum atomic E-state index is 0.286. The van der Waals surface area contributed by atoms with Crippen LogP contribution >= 0.6 is 0 Å². The normalized spacial score (nSPS) is 21.6. The van der Waals surface area contributed by atoms with Crippen molar-refractivity contribution in [2.75, 3.05) is 58.4 Å². The highest BCUT2D eigenvalue weighted by Gasteiger charge is 2.27. The molecule has 0 saturated carbocycles. The van der Waals surface area contributed by atoms with Crippen LogP contribution in [-0.2, 0) is 16.0 Å². The average Bonchev–Trinajstić information content (AvgIpc) is 2.68. The van der Waals surface area contributed by atoms with Gasteiger partial charge >= 0.3 is 0 Å². The molecule has 2 heterocycles. The van der Waals surface area contributed by atoms with Gasteiger partial charge in [0, 0.05) is 52.0 Å². The van der Waals surface area contributed by atoms with Crippen molar-refractivity contribution in [1.82, 2.24) is 9.80 Å². The highest BCUT2D eigenvalue weighted by Crippen LogP contribution is 2.22. The van der Waals surface area contributed by atoms with Gasteiger partial charge in [-0.2, -0.15) is 0 Å². The molecular formula is C21H33N3O2. The Morgan fingerprint density at radius 1 is 1.12 bits per heavy atom. The van der Waals surface area contributed by atoms with E-state index in [1.54, 1.807) is 0 Å². The Bertz CT molecular complexity index is 567. The predicted octanol–water partition coefficient (Wildman–Crippen LogP) is 2.40. The second kappa shape index (κ2) is 9.38. The van der Waals surface area contributed by atoms with Crippen molar-refractivity contribution in [3.63, 3.8) is 0 Å². The highest BCUT2D eigenvalue weighted by atomic mass is 16.5. The van der Waals surface area contributed by atoms with Gasteiger partial charge in [-0.05, 0) is 43.4 Å². The van der Waals surface area contributed by atoms with Gasteiger partial charge < -0.3 is 14.5 Å². The monoisotopic (exact) mass is 359 g/mol. The Morgan fingerprint density at radius 2 is 1.85 bits per heavy atom. The Morgan fingerprint density at radius 3 is 2.54 bits per heavy atom. The van der Waals surface area contributed by atoms with Gasteiger partial charge in [-0.25, -0.2) is 0 Å². The zero-order chi connectivity index (χ0) is 18.4. The lowest BCUT2D eigenvalue weighted by Gasteiger charge is -2.37. The minimum Gasteiger partial charge on any atom is -0.379 e. The van der Waals surface area contributed by atoms with E-state index in [2.05, 4.69) is 39.0 Å². The van der Waals surface area contributed by atoms with Crippen LogP contribution in [0.15, 0.2) is 24.3 Å². The third-order valence-corrected chi connectivity index (χ3v) is 5.64. The van der Waals surface area contributed by atoms with Crippen LogP contribution in [0.2, 0.25) is 0 Å². The van der Waals surface area contributed by atoms with Crippen molar-refractivity contribution in [1.29, 1.82) is 0 Å². The fourth-order valence-corrected chi connectivity index (χ4v) is 3.97. The lowest BCUT2D eigenvalue weighted by Crippen LogP contribution is -2.46. The van der Waals surface area contributed by atoms with Crippen LogP contribution in [0.1, 0.15) is 31.2 Å². The van der Waals surface area contributed by atoms with Gasteiger partial charge in [-0.15, -0.1) is 0 Å². The molecule has 144 valence electrons. The Kier molecular flexibility index (Phi) is 6.92. The molecule has 0 aromatic heterocycles. The molecule has 1 atom stereocenters. The molecule has 5 heteroatoms. The quantitative estimate of drug-likeness (QED) is 0.781. The van der Waals surface area contributed by atoms with Crippen LogP contribution in [0, 0.1) is 0 Å². The van der Waals surface area contributed by atoms with E-state index in [1.807, 2.05) is 14.1 Å². The summed E-state index contributed by atoms with van der Waals surface area (Å²) in [6.45, 7) is 5.74. The van der Waals surface area contributed by atoms with Gasteiger partial charge in [-0.3, -0.25) is 9.69 Å². The summed E-state index contributed by atoms with van der Waals surface area (Å²) in [7, 11) is 4.07. The number of nitrogens with zero attached hydrogens (tertiary/aromatic N) is 3. The largest absolute Gasteiger partial charge is 0.379 e. The third-order valence-electron chi connectivity index (χ3n) is 5.64. The summed E-state index contributed by atoms with van der Waals surface area (Å²) in [5.41, 5.74) is 2.28. The summed E-state index contributed by atoms with van der Waals surface area (Å²) in [6.07, 6.45) is 5.14. The fraction of sp³-hybridized carbons (Fsp3) is 0.667. The van der Waals surface area contributed by atoms with E-state index >= 15 is 0 Å². The number of hydrogen-bond acceptors (Lipinski definition) is 4. The first kappa shape index (κ1) is 19.2. The summed E-state index contributed by atoms with van der Waals surface area (Å²) in [5, 5.41) is 0. The second-order valence-electron chi connectivity index (χ2n) is 7.72. The molecule has 2 aliphatic rings. The maximum Gasteiger partial charge on any atom is 0.227 e. The lowest BCUT2D eigenvalue weighted by atomic mass is 9.97. The van der Waals surface area contributed by atoms with E-state index in [0.29, 0.717) is 12.5 Å². The zero-order valence-electron chi connectivity index (χ0n) is 16.3. The molecule has 0 spiro atoms. The summed E-state index contributed by atoms with van der Waals surface area (Å²) in [6, 6.07) is 8.75. The number of carbonyl (C=O) groups excluding carboxylic acids is 1. The van der Waals surface area contributed by atoms with Crippen LogP contribution in [-0.4, -0.2) is 75.2 Å². The van der Waals surface area contributed by atoms with Gasteiger partial charge in [0.05, 0.1) is 19.6 Å². The topological polar surface area (TPSA) is 36.0 Å². The highest BCUT2D eigenvalue weighted by molar-refractivity contribution is 5.79. The van der Waals surface area contributed by atoms with Crippen molar-refractivity contribution in [3.8, 4) is 0 Å². The molecular weight excluding hydrogens is 326 g/mol. The molecule has 2 fully saturated rings. The predicted molar refractivity (Wildman–Crippen MR) is 106 cm³/mol. The molecule has 26 heavy (non-hydrogen) atoms. The second-order valence-corrected chi connectivity index (χ2v) is 7.72. The van der Waals surface area contributed by atoms with E-state index in [-0.39, 0.29) is 5.91 Å². The number of hydrogen-bond donors (Lipinski definition) is 0. The maximum atomic E-state index is 12.9. The summed E-state index contributed by atoms with van der Waals surface area (Å²) >= 11 is 0. The maximum absolute atomic E-state index is 12.9. The molecule has 0 N–H and O–H groups in total. The van der Waals surface area contributed by atoms with Crippen LogP contribution in [0.3, 0.4) is 0 Å². The molecule has 0 radical (unpaired) electrons. The Labute approximate surface area is 157 Å². The third kappa shape index (κ3) is 5.21.